The summed E-state index contributed by atoms with van der Waals surface area (Å²) in [6, 6.07) is 0. The molecule has 9 nitrogen and oxygen atoms in total. The van der Waals surface area contributed by atoms with Gasteiger partial charge in [0.2, 0.25) is 5.91 Å². The van der Waals surface area contributed by atoms with E-state index in [0.717, 1.165) is 12.8 Å². The van der Waals surface area contributed by atoms with E-state index in [1.165, 1.54) is 24.4 Å². The van der Waals surface area contributed by atoms with E-state index in [2.05, 4.69) is 20.1 Å². The first-order chi connectivity index (χ1) is 11.3. The zero-order valence-electron chi connectivity index (χ0n) is 12.8. The summed E-state index contributed by atoms with van der Waals surface area (Å²) in [6.45, 7) is 1.40. The van der Waals surface area contributed by atoms with Crippen LogP contribution in [-0.4, -0.2) is 61.8 Å². The molecule has 1 unspecified atom stereocenters. The highest BCUT2D eigenvalue weighted by Gasteiger charge is 2.26. The average Bonchev–Trinajstić information content (AvgIpc) is 3.08. The number of ether oxygens (including phenoxy) is 2. The molecule has 2 aromatic heterocycles. The minimum atomic E-state index is -0.131. The Morgan fingerprint density at radius 1 is 1.35 bits per heavy atom. The van der Waals surface area contributed by atoms with Crippen LogP contribution in [0.25, 0.3) is 0 Å². The number of amides is 1. The summed E-state index contributed by atoms with van der Waals surface area (Å²) in [4.78, 5) is 26.1. The molecule has 0 bridgehead atoms. The summed E-state index contributed by atoms with van der Waals surface area (Å²) < 4.78 is 12.5. The van der Waals surface area contributed by atoms with Gasteiger partial charge in [-0.1, -0.05) is 0 Å². The molecule has 3 rings (SSSR count). The number of rotatable bonds is 5. The van der Waals surface area contributed by atoms with Crippen molar-refractivity contribution in [2.45, 2.75) is 25.5 Å². The highest BCUT2D eigenvalue weighted by molar-refractivity contribution is 5.76. The molecule has 9 heteroatoms. The van der Waals surface area contributed by atoms with Crippen LogP contribution in [-0.2, 0) is 11.3 Å². The van der Waals surface area contributed by atoms with Crippen molar-refractivity contribution in [1.82, 2.24) is 29.6 Å². The Labute approximate surface area is 133 Å². The van der Waals surface area contributed by atoms with Crippen LogP contribution in [0.15, 0.2) is 25.0 Å². The van der Waals surface area contributed by atoms with Gasteiger partial charge in [0.1, 0.15) is 25.3 Å². The van der Waals surface area contributed by atoms with Crippen LogP contribution in [0, 0.1) is 0 Å². The lowest BCUT2D eigenvalue weighted by molar-refractivity contribution is -0.134. The number of piperidine rings is 1. The Bertz CT molecular complexity index is 648. The maximum Gasteiger partial charge on any atom is 0.278 e. The third kappa shape index (κ3) is 3.74. The van der Waals surface area contributed by atoms with E-state index in [-0.39, 0.29) is 18.6 Å². The Kier molecular flexibility index (Phi) is 4.65. The molecular formula is C14H18N6O3. The monoisotopic (exact) mass is 318 g/mol. The Hall–Kier alpha value is -2.71. The van der Waals surface area contributed by atoms with Crippen molar-refractivity contribution in [2.75, 3.05) is 20.2 Å². The predicted molar refractivity (Wildman–Crippen MR) is 78.8 cm³/mol. The fourth-order valence-corrected chi connectivity index (χ4v) is 2.51. The Morgan fingerprint density at radius 3 is 2.91 bits per heavy atom. The molecule has 0 N–H and O–H groups in total. The van der Waals surface area contributed by atoms with E-state index in [4.69, 9.17) is 9.47 Å². The van der Waals surface area contributed by atoms with Crippen LogP contribution >= 0.6 is 0 Å². The van der Waals surface area contributed by atoms with Gasteiger partial charge in [0.25, 0.3) is 11.8 Å². The lowest BCUT2D eigenvalue weighted by Gasteiger charge is -2.32. The number of hydrogen-bond acceptors (Lipinski definition) is 7. The zero-order valence-corrected chi connectivity index (χ0v) is 12.8. The average molecular weight is 318 g/mol. The van der Waals surface area contributed by atoms with Crippen molar-refractivity contribution in [2.24, 2.45) is 0 Å². The van der Waals surface area contributed by atoms with Gasteiger partial charge in [-0.15, -0.1) is 0 Å². The molecule has 122 valence electrons. The molecule has 0 radical (unpaired) electrons. The van der Waals surface area contributed by atoms with Crippen LogP contribution in [0.1, 0.15) is 12.8 Å². The molecule has 23 heavy (non-hydrogen) atoms. The molecule has 1 fully saturated rings. The summed E-state index contributed by atoms with van der Waals surface area (Å²) in [7, 11) is 1.52. The lowest BCUT2D eigenvalue weighted by Crippen LogP contribution is -2.45. The summed E-state index contributed by atoms with van der Waals surface area (Å²) in [5.41, 5.74) is 0. The van der Waals surface area contributed by atoms with Crippen LogP contribution in [0.2, 0.25) is 0 Å². The number of carbonyl (C=O) groups excluding carboxylic acids is 1. The number of methoxy groups -OCH3 is 1. The minimum Gasteiger partial charge on any atom is -0.477 e. The molecule has 0 aliphatic carbocycles. The Morgan fingerprint density at radius 2 is 2.17 bits per heavy atom. The summed E-state index contributed by atoms with van der Waals surface area (Å²) in [6.07, 6.45) is 7.63. The smallest absolute Gasteiger partial charge is 0.278 e. The van der Waals surface area contributed by atoms with Crippen LogP contribution in [0.5, 0.6) is 11.8 Å². The second-order valence-electron chi connectivity index (χ2n) is 5.19. The topological polar surface area (TPSA) is 95.3 Å². The number of carbonyl (C=O) groups is 1. The molecule has 1 aliphatic rings. The van der Waals surface area contributed by atoms with Crippen molar-refractivity contribution in [1.29, 1.82) is 0 Å². The summed E-state index contributed by atoms with van der Waals surface area (Å²) in [5.74, 6) is 0.694. The van der Waals surface area contributed by atoms with Crippen molar-refractivity contribution < 1.29 is 14.3 Å². The largest absolute Gasteiger partial charge is 0.477 e. The first kappa shape index (κ1) is 15.2. The Balaban J connectivity index is 1.60. The standard InChI is InChI=1S/C14H18N6O3/c1-22-13-14(17-5-4-16-13)23-11-3-2-6-19(7-11)12(21)8-20-10-15-9-18-20/h4-5,9-11H,2-3,6-8H2,1H3. The number of likely N-dealkylation sites (tertiary alicyclic amines) is 1. The van der Waals surface area contributed by atoms with Gasteiger partial charge in [0.05, 0.1) is 13.7 Å². The van der Waals surface area contributed by atoms with Gasteiger partial charge in [-0.2, -0.15) is 5.10 Å². The quantitative estimate of drug-likeness (QED) is 0.774. The third-order valence-electron chi connectivity index (χ3n) is 3.60. The minimum absolute atomic E-state index is 0.00471. The molecular weight excluding hydrogens is 300 g/mol. The van der Waals surface area contributed by atoms with Crippen LogP contribution in [0.4, 0.5) is 0 Å². The molecule has 0 saturated carbocycles. The van der Waals surface area contributed by atoms with Gasteiger partial charge in [0.15, 0.2) is 0 Å². The van der Waals surface area contributed by atoms with Gasteiger partial charge in [0, 0.05) is 18.9 Å². The van der Waals surface area contributed by atoms with Gasteiger partial charge < -0.3 is 14.4 Å². The fourth-order valence-electron chi connectivity index (χ4n) is 2.51. The van der Waals surface area contributed by atoms with Crippen molar-refractivity contribution in [3.05, 3.63) is 25.0 Å². The molecule has 1 aliphatic heterocycles. The van der Waals surface area contributed by atoms with Crippen molar-refractivity contribution in [3.63, 3.8) is 0 Å². The van der Waals surface area contributed by atoms with Crippen molar-refractivity contribution in [3.8, 4) is 11.8 Å². The van der Waals surface area contributed by atoms with Gasteiger partial charge >= 0.3 is 0 Å². The fraction of sp³-hybridized carbons (Fsp3) is 0.500. The second-order valence-corrected chi connectivity index (χ2v) is 5.19. The van der Waals surface area contributed by atoms with Crippen LogP contribution in [0.3, 0.4) is 0 Å². The second kappa shape index (κ2) is 7.03. The summed E-state index contributed by atoms with van der Waals surface area (Å²) in [5, 5.41) is 3.95. The molecule has 0 spiro atoms. The molecule has 1 saturated heterocycles. The zero-order chi connectivity index (χ0) is 16.1. The highest BCUT2D eigenvalue weighted by Crippen LogP contribution is 2.23. The number of hydrogen-bond donors (Lipinski definition) is 0. The maximum absolute atomic E-state index is 12.3. The number of nitrogens with zero attached hydrogens (tertiary/aromatic N) is 6. The van der Waals surface area contributed by atoms with Gasteiger partial charge in [-0.3, -0.25) is 4.79 Å². The van der Waals surface area contributed by atoms with E-state index < -0.39 is 0 Å². The summed E-state index contributed by atoms with van der Waals surface area (Å²) >= 11 is 0. The van der Waals surface area contributed by atoms with Crippen molar-refractivity contribution >= 4 is 5.91 Å². The number of aromatic nitrogens is 5. The lowest BCUT2D eigenvalue weighted by atomic mass is 10.1. The van der Waals surface area contributed by atoms with E-state index in [0.29, 0.717) is 24.8 Å². The first-order valence-electron chi connectivity index (χ1n) is 7.38. The highest BCUT2D eigenvalue weighted by atomic mass is 16.5. The molecule has 1 atom stereocenters. The van der Waals surface area contributed by atoms with E-state index in [1.807, 2.05) is 0 Å². The first-order valence-corrected chi connectivity index (χ1v) is 7.38. The maximum atomic E-state index is 12.3. The van der Waals surface area contributed by atoms with Gasteiger partial charge in [-0.05, 0) is 12.8 Å². The molecule has 0 aromatic carbocycles. The van der Waals surface area contributed by atoms with E-state index in [1.54, 1.807) is 17.3 Å². The van der Waals surface area contributed by atoms with Gasteiger partial charge in [-0.25, -0.2) is 19.6 Å². The van der Waals surface area contributed by atoms with E-state index in [9.17, 15) is 4.79 Å². The van der Waals surface area contributed by atoms with Crippen LogP contribution < -0.4 is 9.47 Å². The molecule has 3 heterocycles. The molecule has 1 amide bonds. The third-order valence-corrected chi connectivity index (χ3v) is 3.60. The molecule has 2 aromatic rings. The normalized spacial score (nSPS) is 17.8. The SMILES string of the molecule is COc1nccnc1OC1CCCN(C(=O)Cn2cncn2)C1. The van der Waals surface area contributed by atoms with E-state index >= 15 is 0 Å². The predicted octanol–water partition coefficient (Wildman–Crippen LogP) is 0.147.